The normalized spacial score (nSPS) is 17.8. The lowest BCUT2D eigenvalue weighted by molar-refractivity contribution is 0.0703. The average molecular weight is 174 g/mol. The van der Waals surface area contributed by atoms with E-state index < -0.39 is 0 Å². The third kappa shape index (κ3) is 4.01. The van der Waals surface area contributed by atoms with Crippen LogP contribution in [-0.4, -0.2) is 52.6 Å². The summed E-state index contributed by atoms with van der Waals surface area (Å²) >= 11 is 0. The van der Waals surface area contributed by atoms with E-state index in [1.165, 1.54) is 0 Å². The van der Waals surface area contributed by atoms with Crippen molar-refractivity contribution in [2.75, 3.05) is 46.6 Å². The van der Waals surface area contributed by atoms with Crippen molar-refractivity contribution in [1.29, 1.82) is 0 Å². The molecule has 1 saturated heterocycles. The molecule has 0 atom stereocenters. The van der Waals surface area contributed by atoms with Crippen molar-refractivity contribution in [2.24, 2.45) is 0 Å². The van der Waals surface area contributed by atoms with Crippen molar-refractivity contribution < 1.29 is 9.47 Å². The van der Waals surface area contributed by atoms with Crippen LogP contribution >= 0.6 is 0 Å². The Labute approximate surface area is 73.6 Å². The Balaban J connectivity index is 1.70. The van der Waals surface area contributed by atoms with Gasteiger partial charge >= 0.3 is 0 Å². The summed E-state index contributed by atoms with van der Waals surface area (Å²) < 4.78 is 10.1. The quantitative estimate of drug-likeness (QED) is 0.496. The largest absolute Gasteiger partial charge is 0.382 e. The van der Waals surface area contributed by atoms with Crippen LogP contribution in [0.4, 0.5) is 0 Å². The zero-order valence-corrected chi connectivity index (χ0v) is 7.64. The highest BCUT2D eigenvalue weighted by molar-refractivity contribution is 4.80. The van der Waals surface area contributed by atoms with E-state index in [1.54, 1.807) is 7.11 Å². The van der Waals surface area contributed by atoms with E-state index >= 15 is 0 Å². The van der Waals surface area contributed by atoms with E-state index in [0.717, 1.165) is 26.2 Å². The average Bonchev–Trinajstić information content (AvgIpc) is 2.00. The van der Waals surface area contributed by atoms with E-state index in [2.05, 4.69) is 10.6 Å². The van der Waals surface area contributed by atoms with Gasteiger partial charge in [-0.25, -0.2) is 0 Å². The number of ether oxygens (including phenoxy) is 2. The minimum absolute atomic E-state index is 0.663. The predicted molar refractivity (Wildman–Crippen MR) is 47.4 cm³/mol. The van der Waals surface area contributed by atoms with Crippen LogP contribution in [0.25, 0.3) is 0 Å². The molecule has 1 heterocycles. The van der Waals surface area contributed by atoms with Gasteiger partial charge in [0, 0.05) is 32.8 Å². The molecule has 0 bridgehead atoms. The molecule has 4 heteroatoms. The molecule has 0 radical (unpaired) electrons. The van der Waals surface area contributed by atoms with Gasteiger partial charge in [0.2, 0.25) is 0 Å². The minimum Gasteiger partial charge on any atom is -0.382 e. The Morgan fingerprint density at radius 3 is 2.75 bits per heavy atom. The smallest absolute Gasteiger partial charge is 0.0700 e. The summed E-state index contributed by atoms with van der Waals surface area (Å²) in [6.45, 7) is 5.29. The lowest BCUT2D eigenvalue weighted by Crippen LogP contribution is -2.55. The van der Waals surface area contributed by atoms with Crippen LogP contribution in [0.2, 0.25) is 0 Å². The van der Waals surface area contributed by atoms with E-state index in [1.807, 2.05) is 0 Å². The summed E-state index contributed by atoms with van der Waals surface area (Å²) in [5.41, 5.74) is 0. The first-order valence-corrected chi connectivity index (χ1v) is 4.44. The van der Waals surface area contributed by atoms with Gasteiger partial charge in [0.1, 0.15) is 0 Å². The molecular formula is C8H18N2O2. The van der Waals surface area contributed by atoms with Gasteiger partial charge in [-0.05, 0) is 0 Å². The van der Waals surface area contributed by atoms with E-state index in [9.17, 15) is 0 Å². The van der Waals surface area contributed by atoms with Gasteiger partial charge in [-0.1, -0.05) is 0 Å². The van der Waals surface area contributed by atoms with Crippen molar-refractivity contribution in [2.45, 2.75) is 6.04 Å². The summed E-state index contributed by atoms with van der Waals surface area (Å²) in [7, 11) is 1.68. The van der Waals surface area contributed by atoms with Crippen LogP contribution in [0.3, 0.4) is 0 Å². The maximum Gasteiger partial charge on any atom is 0.0700 e. The first kappa shape index (κ1) is 9.92. The molecule has 0 spiro atoms. The lowest BCUT2D eigenvalue weighted by atomic mass is 10.2. The summed E-state index contributed by atoms with van der Waals surface area (Å²) in [4.78, 5) is 0. The Hall–Kier alpha value is -0.160. The van der Waals surface area contributed by atoms with Crippen LogP contribution < -0.4 is 10.6 Å². The van der Waals surface area contributed by atoms with E-state index in [-0.39, 0.29) is 0 Å². The summed E-state index contributed by atoms with van der Waals surface area (Å²) in [5, 5.41) is 6.57. The molecule has 12 heavy (non-hydrogen) atoms. The third-order valence-corrected chi connectivity index (χ3v) is 1.89. The molecule has 72 valence electrons. The standard InChI is InChI=1S/C8H18N2O2/c1-11-4-5-12-3-2-10-8-6-9-7-8/h8-10H,2-7H2,1H3. The second-order valence-electron chi connectivity index (χ2n) is 2.91. The lowest BCUT2D eigenvalue weighted by Gasteiger charge is -2.28. The molecule has 0 unspecified atom stereocenters. The molecule has 4 nitrogen and oxygen atoms in total. The Morgan fingerprint density at radius 2 is 2.17 bits per heavy atom. The number of rotatable bonds is 7. The summed E-state index contributed by atoms with van der Waals surface area (Å²) in [5.74, 6) is 0. The van der Waals surface area contributed by atoms with Crippen LogP contribution in [0.15, 0.2) is 0 Å². The number of hydrogen-bond acceptors (Lipinski definition) is 4. The first-order chi connectivity index (χ1) is 5.93. The van der Waals surface area contributed by atoms with Crippen LogP contribution in [0.1, 0.15) is 0 Å². The number of methoxy groups -OCH3 is 1. The molecule has 0 aromatic carbocycles. The fourth-order valence-corrected chi connectivity index (χ4v) is 1.01. The molecule has 2 N–H and O–H groups in total. The van der Waals surface area contributed by atoms with Gasteiger partial charge in [0.05, 0.1) is 19.8 Å². The van der Waals surface area contributed by atoms with Gasteiger partial charge < -0.3 is 20.1 Å². The Morgan fingerprint density at radius 1 is 1.33 bits per heavy atom. The van der Waals surface area contributed by atoms with Crippen molar-refractivity contribution in [3.8, 4) is 0 Å². The molecule has 1 aliphatic heterocycles. The van der Waals surface area contributed by atoms with Crippen LogP contribution in [0, 0.1) is 0 Å². The zero-order chi connectivity index (χ0) is 8.65. The number of hydrogen-bond donors (Lipinski definition) is 2. The van der Waals surface area contributed by atoms with Crippen LogP contribution in [-0.2, 0) is 9.47 Å². The van der Waals surface area contributed by atoms with Crippen molar-refractivity contribution in [3.63, 3.8) is 0 Å². The van der Waals surface area contributed by atoms with E-state index in [4.69, 9.17) is 9.47 Å². The van der Waals surface area contributed by atoms with Gasteiger partial charge in [0.25, 0.3) is 0 Å². The second kappa shape index (κ2) is 6.37. The minimum atomic E-state index is 0.663. The molecule has 0 aromatic heterocycles. The van der Waals surface area contributed by atoms with Crippen LogP contribution in [0.5, 0.6) is 0 Å². The Kier molecular flexibility index (Phi) is 5.27. The topological polar surface area (TPSA) is 42.5 Å². The van der Waals surface area contributed by atoms with Crippen molar-refractivity contribution in [3.05, 3.63) is 0 Å². The highest BCUT2D eigenvalue weighted by Crippen LogP contribution is 1.88. The van der Waals surface area contributed by atoms with Crippen molar-refractivity contribution >= 4 is 0 Å². The molecule has 0 saturated carbocycles. The van der Waals surface area contributed by atoms with Gasteiger partial charge in [-0.15, -0.1) is 0 Å². The highest BCUT2D eigenvalue weighted by Gasteiger charge is 2.14. The highest BCUT2D eigenvalue weighted by atomic mass is 16.5. The van der Waals surface area contributed by atoms with E-state index in [0.29, 0.717) is 19.3 Å². The SMILES string of the molecule is COCCOCCNC1CNC1. The maximum absolute atomic E-state index is 5.29. The monoisotopic (exact) mass is 174 g/mol. The molecular weight excluding hydrogens is 156 g/mol. The summed E-state index contributed by atoms with van der Waals surface area (Å²) in [6.07, 6.45) is 0. The van der Waals surface area contributed by atoms with Crippen molar-refractivity contribution in [1.82, 2.24) is 10.6 Å². The Bertz CT molecular complexity index is 107. The second-order valence-corrected chi connectivity index (χ2v) is 2.91. The zero-order valence-electron chi connectivity index (χ0n) is 7.64. The molecule has 1 rings (SSSR count). The van der Waals surface area contributed by atoms with Gasteiger partial charge in [-0.2, -0.15) is 0 Å². The molecule has 0 aliphatic carbocycles. The first-order valence-electron chi connectivity index (χ1n) is 4.44. The summed E-state index contributed by atoms with van der Waals surface area (Å²) in [6, 6.07) is 0.663. The molecule has 0 amide bonds. The molecule has 0 aromatic rings. The van der Waals surface area contributed by atoms with Gasteiger partial charge in [-0.3, -0.25) is 0 Å². The molecule has 1 aliphatic rings. The fraction of sp³-hybridized carbons (Fsp3) is 1.00. The fourth-order valence-electron chi connectivity index (χ4n) is 1.01. The molecule has 1 fully saturated rings. The predicted octanol–water partition coefficient (Wildman–Crippen LogP) is -0.789. The maximum atomic E-state index is 5.29. The third-order valence-electron chi connectivity index (χ3n) is 1.89. The van der Waals surface area contributed by atoms with Gasteiger partial charge in [0.15, 0.2) is 0 Å². The number of nitrogens with one attached hydrogen (secondary N) is 2.